The maximum atomic E-state index is 12.8. The summed E-state index contributed by atoms with van der Waals surface area (Å²) < 4.78 is 0. The molecule has 2 rings (SSSR count). The Kier molecular flexibility index (Phi) is 6.67. The smallest absolute Gasteiger partial charge is 0.323 e. The molecule has 1 aliphatic heterocycles. The van der Waals surface area contributed by atoms with Gasteiger partial charge in [-0.25, -0.2) is 0 Å². The topological polar surface area (TPSA) is 77.9 Å². The highest BCUT2D eigenvalue weighted by molar-refractivity contribution is 6.39. The number of aliphatic carboxylic acids is 1. The van der Waals surface area contributed by atoms with Crippen LogP contribution in [-0.4, -0.2) is 58.4 Å². The molecule has 1 N–H and O–H groups in total. The Balaban J connectivity index is 2.11. The summed E-state index contributed by atoms with van der Waals surface area (Å²) in [5.74, 6) is -1.57. The molecule has 1 atom stereocenters. The average molecular weight is 387 g/mol. The van der Waals surface area contributed by atoms with Crippen LogP contribution in [0.2, 0.25) is 10.0 Å². The number of hydrogen-bond acceptors (Lipinski definition) is 3. The summed E-state index contributed by atoms with van der Waals surface area (Å²) in [6.45, 7) is 1.95. The second-order valence-corrected chi connectivity index (χ2v) is 6.83. The van der Waals surface area contributed by atoms with Crippen LogP contribution in [-0.2, 0) is 9.59 Å². The fourth-order valence-corrected chi connectivity index (χ4v) is 3.66. The van der Waals surface area contributed by atoms with Gasteiger partial charge in [-0.1, -0.05) is 29.3 Å². The van der Waals surface area contributed by atoms with E-state index in [4.69, 9.17) is 28.3 Å². The van der Waals surface area contributed by atoms with E-state index < -0.39 is 5.97 Å². The van der Waals surface area contributed by atoms with Gasteiger partial charge in [-0.05, 0) is 31.4 Å². The Bertz CT molecular complexity index is 660. The van der Waals surface area contributed by atoms with E-state index in [1.807, 2.05) is 0 Å². The predicted octanol–water partition coefficient (Wildman–Crippen LogP) is 2.92. The van der Waals surface area contributed by atoms with E-state index in [-0.39, 0.29) is 30.0 Å². The average Bonchev–Trinajstić information content (AvgIpc) is 2.77. The highest BCUT2D eigenvalue weighted by Crippen LogP contribution is 2.27. The lowest BCUT2D eigenvalue weighted by Crippen LogP contribution is -2.43. The maximum absolute atomic E-state index is 12.8. The molecule has 1 aromatic carbocycles. The van der Waals surface area contributed by atoms with E-state index in [0.29, 0.717) is 42.4 Å². The molecule has 1 unspecified atom stereocenters. The summed E-state index contributed by atoms with van der Waals surface area (Å²) in [4.78, 5) is 38.5. The third-order valence-corrected chi connectivity index (χ3v) is 4.94. The Morgan fingerprint density at radius 1 is 1.20 bits per heavy atom. The molecule has 0 saturated carbocycles. The quantitative estimate of drug-likeness (QED) is 0.862. The zero-order valence-corrected chi connectivity index (χ0v) is 15.4. The second kappa shape index (κ2) is 8.54. The van der Waals surface area contributed by atoms with Gasteiger partial charge in [0.1, 0.15) is 6.54 Å². The Hall–Kier alpha value is -1.79. The van der Waals surface area contributed by atoms with Gasteiger partial charge in [0.2, 0.25) is 5.91 Å². The van der Waals surface area contributed by atoms with Gasteiger partial charge in [-0.15, -0.1) is 0 Å². The minimum Gasteiger partial charge on any atom is -0.480 e. The first kappa shape index (κ1) is 19.5. The molecule has 1 heterocycles. The SMILES string of the molecule is CC(=O)N(CC(=O)O)C1CCCN(C(=O)c2c(Cl)cccc2Cl)CC1. The molecule has 6 nitrogen and oxygen atoms in total. The number of hydrogen-bond donors (Lipinski definition) is 1. The highest BCUT2D eigenvalue weighted by Gasteiger charge is 2.29. The molecule has 8 heteroatoms. The fraction of sp³-hybridized carbons (Fsp3) is 0.471. The molecular formula is C17H20Cl2N2O4. The van der Waals surface area contributed by atoms with Crippen molar-refractivity contribution in [3.63, 3.8) is 0 Å². The van der Waals surface area contributed by atoms with Crippen LogP contribution in [0.1, 0.15) is 36.5 Å². The summed E-state index contributed by atoms with van der Waals surface area (Å²) in [6, 6.07) is 4.71. The van der Waals surface area contributed by atoms with Gasteiger partial charge < -0.3 is 14.9 Å². The van der Waals surface area contributed by atoms with Gasteiger partial charge in [0.05, 0.1) is 15.6 Å². The minimum absolute atomic E-state index is 0.201. The molecule has 1 fully saturated rings. The van der Waals surface area contributed by atoms with Crippen molar-refractivity contribution >= 4 is 41.0 Å². The van der Waals surface area contributed by atoms with Crippen LogP contribution in [0.5, 0.6) is 0 Å². The number of amides is 2. The van der Waals surface area contributed by atoms with Crippen molar-refractivity contribution in [2.45, 2.75) is 32.2 Å². The number of nitrogens with zero attached hydrogens (tertiary/aromatic N) is 2. The lowest BCUT2D eigenvalue weighted by molar-refractivity contribution is -0.145. The molecule has 25 heavy (non-hydrogen) atoms. The number of carbonyl (C=O) groups excluding carboxylic acids is 2. The van der Waals surface area contributed by atoms with Crippen molar-refractivity contribution in [2.75, 3.05) is 19.6 Å². The number of halogens is 2. The standard InChI is InChI=1S/C17H20Cl2N2O4/c1-11(22)21(10-15(23)24)12-4-3-8-20(9-7-12)17(25)16-13(18)5-2-6-14(16)19/h2,5-6,12H,3-4,7-10H2,1H3,(H,23,24). The van der Waals surface area contributed by atoms with E-state index in [1.54, 1.807) is 23.1 Å². The molecule has 0 spiro atoms. The molecule has 0 aromatic heterocycles. The molecule has 0 aliphatic carbocycles. The van der Waals surface area contributed by atoms with Crippen LogP contribution in [0.15, 0.2) is 18.2 Å². The molecule has 1 saturated heterocycles. The summed E-state index contributed by atoms with van der Waals surface area (Å²) >= 11 is 12.2. The van der Waals surface area contributed by atoms with Crippen molar-refractivity contribution in [3.05, 3.63) is 33.8 Å². The van der Waals surface area contributed by atoms with Gasteiger partial charge in [-0.3, -0.25) is 14.4 Å². The van der Waals surface area contributed by atoms with E-state index in [2.05, 4.69) is 0 Å². The first-order valence-electron chi connectivity index (χ1n) is 8.03. The van der Waals surface area contributed by atoms with Gasteiger partial charge in [0, 0.05) is 26.1 Å². The fourth-order valence-electron chi connectivity index (χ4n) is 3.10. The molecular weight excluding hydrogens is 367 g/mol. The second-order valence-electron chi connectivity index (χ2n) is 6.01. The largest absolute Gasteiger partial charge is 0.480 e. The van der Waals surface area contributed by atoms with E-state index in [0.717, 1.165) is 0 Å². The zero-order valence-electron chi connectivity index (χ0n) is 13.9. The predicted molar refractivity (Wildman–Crippen MR) is 95.0 cm³/mol. The number of benzene rings is 1. The Labute approximate surface area is 156 Å². The van der Waals surface area contributed by atoms with Crippen molar-refractivity contribution in [2.24, 2.45) is 0 Å². The number of rotatable bonds is 4. The first-order valence-corrected chi connectivity index (χ1v) is 8.79. The van der Waals surface area contributed by atoms with Crippen LogP contribution in [0, 0.1) is 0 Å². The van der Waals surface area contributed by atoms with Crippen molar-refractivity contribution in [1.82, 2.24) is 9.80 Å². The maximum Gasteiger partial charge on any atom is 0.323 e. The van der Waals surface area contributed by atoms with Crippen LogP contribution in [0.3, 0.4) is 0 Å². The number of carboxylic acids is 1. The van der Waals surface area contributed by atoms with Gasteiger partial charge in [-0.2, -0.15) is 0 Å². The molecule has 136 valence electrons. The van der Waals surface area contributed by atoms with Crippen LogP contribution in [0.4, 0.5) is 0 Å². The third kappa shape index (κ3) is 4.86. The zero-order chi connectivity index (χ0) is 18.6. The molecule has 1 aromatic rings. The number of carbonyl (C=O) groups is 3. The minimum atomic E-state index is -1.05. The lowest BCUT2D eigenvalue weighted by Gasteiger charge is -2.29. The van der Waals surface area contributed by atoms with Crippen LogP contribution >= 0.6 is 23.2 Å². The van der Waals surface area contributed by atoms with E-state index >= 15 is 0 Å². The van der Waals surface area contributed by atoms with E-state index in [9.17, 15) is 14.4 Å². The molecule has 1 aliphatic rings. The third-order valence-electron chi connectivity index (χ3n) is 4.31. The lowest BCUT2D eigenvalue weighted by atomic mass is 10.1. The first-order chi connectivity index (χ1) is 11.8. The molecule has 2 amide bonds. The van der Waals surface area contributed by atoms with Crippen molar-refractivity contribution < 1.29 is 19.5 Å². The molecule has 0 radical (unpaired) electrons. The normalized spacial score (nSPS) is 17.7. The van der Waals surface area contributed by atoms with Crippen LogP contribution < -0.4 is 0 Å². The van der Waals surface area contributed by atoms with Gasteiger partial charge >= 0.3 is 5.97 Å². The number of carboxylic acid groups (broad SMARTS) is 1. The van der Waals surface area contributed by atoms with Gasteiger partial charge in [0.15, 0.2) is 0 Å². The summed E-state index contributed by atoms with van der Waals surface area (Å²) in [7, 11) is 0. The number of likely N-dealkylation sites (tertiary alicyclic amines) is 1. The Morgan fingerprint density at radius 2 is 1.84 bits per heavy atom. The summed E-state index contributed by atoms with van der Waals surface area (Å²) in [5, 5.41) is 9.60. The highest BCUT2D eigenvalue weighted by atomic mass is 35.5. The van der Waals surface area contributed by atoms with Gasteiger partial charge in [0.25, 0.3) is 5.91 Å². The van der Waals surface area contributed by atoms with Crippen molar-refractivity contribution in [1.29, 1.82) is 0 Å². The summed E-state index contributed by atoms with van der Waals surface area (Å²) in [5.41, 5.74) is 0.276. The monoisotopic (exact) mass is 386 g/mol. The van der Waals surface area contributed by atoms with Crippen LogP contribution in [0.25, 0.3) is 0 Å². The molecule has 0 bridgehead atoms. The van der Waals surface area contributed by atoms with E-state index in [1.165, 1.54) is 11.8 Å². The Morgan fingerprint density at radius 3 is 2.40 bits per heavy atom. The van der Waals surface area contributed by atoms with Crippen molar-refractivity contribution in [3.8, 4) is 0 Å². The summed E-state index contributed by atoms with van der Waals surface area (Å²) in [6.07, 6.45) is 1.83.